The van der Waals surface area contributed by atoms with Crippen molar-refractivity contribution in [2.75, 3.05) is 44.8 Å². The highest BCUT2D eigenvalue weighted by molar-refractivity contribution is 5.79. The number of benzene rings is 2. The molecular formula is C25H25F4N3O2. The van der Waals surface area contributed by atoms with Crippen molar-refractivity contribution in [3.8, 4) is 6.07 Å². The number of rotatable bonds is 5. The van der Waals surface area contributed by atoms with Gasteiger partial charge in [-0.15, -0.1) is 0 Å². The standard InChI is InChI=1S/C25H25F4N3O2/c1-34-16-24-8-9-31(21-7-4-18(12-30)22(11-21)25(27,28)29)13-19(24)14-32(15-24)23(33)10-17-2-5-20(26)6-3-17/h2-7,11,19H,8-10,13-16H2,1H3. The number of hydrogen-bond donors (Lipinski definition) is 0. The molecule has 1 amide bonds. The van der Waals surface area contributed by atoms with Gasteiger partial charge in [-0.25, -0.2) is 4.39 Å². The molecule has 0 aliphatic carbocycles. The van der Waals surface area contributed by atoms with Crippen LogP contribution < -0.4 is 4.90 Å². The summed E-state index contributed by atoms with van der Waals surface area (Å²) < 4.78 is 59.0. The van der Waals surface area contributed by atoms with E-state index in [4.69, 9.17) is 10.00 Å². The average molecular weight is 475 g/mol. The summed E-state index contributed by atoms with van der Waals surface area (Å²) >= 11 is 0. The van der Waals surface area contributed by atoms with Gasteiger partial charge in [-0.1, -0.05) is 12.1 Å². The zero-order chi connectivity index (χ0) is 24.5. The van der Waals surface area contributed by atoms with Crippen LogP contribution in [0.2, 0.25) is 0 Å². The van der Waals surface area contributed by atoms with Gasteiger partial charge in [0.05, 0.1) is 30.2 Å². The molecule has 34 heavy (non-hydrogen) atoms. The summed E-state index contributed by atoms with van der Waals surface area (Å²) in [7, 11) is 1.61. The molecule has 2 saturated heterocycles. The van der Waals surface area contributed by atoms with Gasteiger partial charge in [0, 0.05) is 50.3 Å². The van der Waals surface area contributed by atoms with Crippen LogP contribution in [0.5, 0.6) is 0 Å². The molecule has 2 aliphatic heterocycles. The highest BCUT2D eigenvalue weighted by atomic mass is 19.4. The number of hydrogen-bond acceptors (Lipinski definition) is 4. The second kappa shape index (κ2) is 9.26. The van der Waals surface area contributed by atoms with Crippen molar-refractivity contribution in [3.05, 3.63) is 65.0 Å². The zero-order valence-electron chi connectivity index (χ0n) is 18.7. The van der Waals surface area contributed by atoms with E-state index < -0.39 is 17.3 Å². The lowest BCUT2D eigenvalue weighted by Gasteiger charge is -2.44. The third kappa shape index (κ3) is 4.73. The Morgan fingerprint density at radius 3 is 2.59 bits per heavy atom. The Morgan fingerprint density at radius 1 is 1.21 bits per heavy atom. The summed E-state index contributed by atoms with van der Waals surface area (Å²) in [5.74, 6) is -0.414. The Bertz CT molecular complexity index is 1100. The molecule has 2 heterocycles. The van der Waals surface area contributed by atoms with Crippen molar-refractivity contribution in [1.82, 2.24) is 4.90 Å². The fourth-order valence-electron chi connectivity index (χ4n) is 5.18. The largest absolute Gasteiger partial charge is 0.417 e. The number of carbonyl (C=O) groups excluding carboxylic acids is 1. The number of halogens is 4. The predicted molar refractivity (Wildman–Crippen MR) is 117 cm³/mol. The predicted octanol–water partition coefficient (Wildman–Crippen LogP) is 4.26. The molecule has 2 aliphatic rings. The van der Waals surface area contributed by atoms with Crippen molar-refractivity contribution in [3.63, 3.8) is 0 Å². The van der Waals surface area contributed by atoms with Gasteiger partial charge in [0.25, 0.3) is 0 Å². The second-order valence-corrected chi connectivity index (χ2v) is 9.11. The number of anilines is 1. The van der Waals surface area contributed by atoms with Crippen LogP contribution in [0.25, 0.3) is 0 Å². The van der Waals surface area contributed by atoms with Gasteiger partial charge in [-0.2, -0.15) is 18.4 Å². The Labute approximate surface area is 195 Å². The minimum atomic E-state index is -4.62. The highest BCUT2D eigenvalue weighted by Crippen LogP contribution is 2.45. The molecule has 0 N–H and O–H groups in total. The number of alkyl halides is 3. The van der Waals surface area contributed by atoms with Gasteiger partial charge >= 0.3 is 6.18 Å². The number of nitriles is 1. The quantitative estimate of drug-likeness (QED) is 0.607. The van der Waals surface area contributed by atoms with Crippen molar-refractivity contribution in [1.29, 1.82) is 5.26 Å². The molecule has 0 saturated carbocycles. The van der Waals surface area contributed by atoms with Crippen LogP contribution in [0.4, 0.5) is 23.2 Å². The van der Waals surface area contributed by atoms with Crippen LogP contribution in [0.15, 0.2) is 42.5 Å². The molecule has 9 heteroatoms. The topological polar surface area (TPSA) is 56.6 Å². The highest BCUT2D eigenvalue weighted by Gasteiger charge is 2.50. The Kier molecular flexibility index (Phi) is 6.54. The summed E-state index contributed by atoms with van der Waals surface area (Å²) in [6.07, 6.45) is -3.80. The maximum atomic E-state index is 13.4. The van der Waals surface area contributed by atoms with Gasteiger partial charge in [-0.3, -0.25) is 4.79 Å². The first-order valence-corrected chi connectivity index (χ1v) is 11.0. The first-order chi connectivity index (χ1) is 16.1. The minimum Gasteiger partial charge on any atom is -0.384 e. The molecule has 0 bridgehead atoms. The fraction of sp³-hybridized carbons (Fsp3) is 0.440. The number of carbonyl (C=O) groups is 1. The van der Waals surface area contributed by atoms with Gasteiger partial charge in [0.2, 0.25) is 5.91 Å². The first kappa shape index (κ1) is 24.0. The molecule has 2 fully saturated rings. The van der Waals surface area contributed by atoms with Gasteiger partial charge in [0.1, 0.15) is 5.82 Å². The van der Waals surface area contributed by atoms with Gasteiger partial charge in [-0.05, 0) is 42.3 Å². The SMILES string of the molecule is COCC12CCN(c3ccc(C#N)c(C(F)(F)F)c3)CC1CN(C(=O)Cc1ccc(F)cc1)C2. The zero-order valence-corrected chi connectivity index (χ0v) is 18.7. The fourth-order valence-corrected chi connectivity index (χ4v) is 5.18. The van der Waals surface area contributed by atoms with E-state index in [1.54, 1.807) is 36.3 Å². The molecule has 0 radical (unpaired) electrons. The molecule has 2 aromatic carbocycles. The average Bonchev–Trinajstić information content (AvgIpc) is 3.18. The molecule has 5 nitrogen and oxygen atoms in total. The van der Waals surface area contributed by atoms with Crippen molar-refractivity contribution < 1.29 is 27.1 Å². The first-order valence-electron chi connectivity index (χ1n) is 11.0. The summed E-state index contributed by atoms with van der Waals surface area (Å²) in [6, 6.07) is 11.2. The van der Waals surface area contributed by atoms with Crippen LogP contribution >= 0.6 is 0 Å². The Balaban J connectivity index is 1.52. The second-order valence-electron chi connectivity index (χ2n) is 9.11. The Hall–Kier alpha value is -3.12. The smallest absolute Gasteiger partial charge is 0.384 e. The molecule has 4 rings (SSSR count). The van der Waals surface area contributed by atoms with Crippen molar-refractivity contribution in [2.45, 2.75) is 19.0 Å². The number of methoxy groups -OCH3 is 1. The van der Waals surface area contributed by atoms with E-state index in [9.17, 15) is 22.4 Å². The van der Waals surface area contributed by atoms with Gasteiger partial charge in [0.15, 0.2) is 0 Å². The monoisotopic (exact) mass is 475 g/mol. The third-order valence-electron chi connectivity index (χ3n) is 6.98. The number of amides is 1. The molecule has 0 aromatic heterocycles. The molecule has 2 atom stereocenters. The lowest BCUT2D eigenvalue weighted by Crippen LogP contribution is -2.49. The van der Waals surface area contributed by atoms with Crippen LogP contribution in [-0.4, -0.2) is 50.7 Å². The molecular weight excluding hydrogens is 450 g/mol. The maximum absolute atomic E-state index is 13.4. The van der Waals surface area contributed by atoms with E-state index in [0.717, 1.165) is 11.6 Å². The van der Waals surface area contributed by atoms with Crippen LogP contribution in [0.1, 0.15) is 23.1 Å². The molecule has 2 aromatic rings. The molecule has 180 valence electrons. The van der Waals surface area contributed by atoms with Crippen LogP contribution in [0, 0.1) is 28.5 Å². The lowest BCUT2D eigenvalue weighted by molar-refractivity contribution is -0.137. The van der Waals surface area contributed by atoms with E-state index in [1.807, 2.05) is 4.90 Å². The number of likely N-dealkylation sites (tertiary alicyclic amines) is 1. The lowest BCUT2D eigenvalue weighted by atomic mass is 9.73. The van der Waals surface area contributed by atoms with E-state index >= 15 is 0 Å². The summed E-state index contributed by atoms with van der Waals surface area (Å²) in [5.41, 5.74) is -0.484. The number of nitrogens with zero attached hydrogens (tertiary/aromatic N) is 3. The summed E-state index contributed by atoms with van der Waals surface area (Å²) in [6.45, 7) is 2.44. The van der Waals surface area contributed by atoms with E-state index in [-0.39, 0.29) is 29.5 Å². The number of ether oxygens (including phenoxy) is 1. The van der Waals surface area contributed by atoms with E-state index in [0.29, 0.717) is 44.9 Å². The van der Waals surface area contributed by atoms with Crippen molar-refractivity contribution >= 4 is 11.6 Å². The van der Waals surface area contributed by atoms with Crippen molar-refractivity contribution in [2.24, 2.45) is 11.3 Å². The minimum absolute atomic E-state index is 0.0170. The molecule has 0 spiro atoms. The molecule has 2 unspecified atom stereocenters. The third-order valence-corrected chi connectivity index (χ3v) is 6.98. The van der Waals surface area contributed by atoms with Crippen LogP contribution in [-0.2, 0) is 22.1 Å². The maximum Gasteiger partial charge on any atom is 0.417 e. The normalized spacial score (nSPS) is 22.4. The van der Waals surface area contributed by atoms with E-state index in [2.05, 4.69) is 0 Å². The number of fused-ring (bicyclic) bond motifs is 1. The summed E-state index contributed by atoms with van der Waals surface area (Å²) in [4.78, 5) is 16.7. The summed E-state index contributed by atoms with van der Waals surface area (Å²) in [5, 5.41) is 9.07. The van der Waals surface area contributed by atoms with Gasteiger partial charge < -0.3 is 14.5 Å². The van der Waals surface area contributed by atoms with Crippen LogP contribution in [0.3, 0.4) is 0 Å². The van der Waals surface area contributed by atoms with E-state index in [1.165, 1.54) is 18.2 Å². The number of piperidine rings is 1. The Morgan fingerprint density at radius 2 is 1.94 bits per heavy atom.